The first-order valence-electron chi connectivity index (χ1n) is 6.94. The van der Waals surface area contributed by atoms with Crippen LogP contribution in [0.25, 0.3) is 10.9 Å². The van der Waals surface area contributed by atoms with E-state index in [1.807, 2.05) is 13.8 Å². The lowest BCUT2D eigenvalue weighted by molar-refractivity contribution is -0.138. The highest BCUT2D eigenvalue weighted by molar-refractivity contribution is 9.09. The minimum absolute atomic E-state index is 0.0621. The second-order valence-corrected chi connectivity index (χ2v) is 6.54. The van der Waals surface area contributed by atoms with E-state index in [9.17, 15) is 18.0 Å². The normalized spacial score (nSPS) is 13.8. The van der Waals surface area contributed by atoms with Crippen LogP contribution in [-0.2, 0) is 6.18 Å². The van der Waals surface area contributed by atoms with Crippen molar-refractivity contribution in [3.05, 3.63) is 39.4 Å². The summed E-state index contributed by atoms with van der Waals surface area (Å²) in [7, 11) is 0. The molecule has 1 aromatic carbocycles. The Balaban J connectivity index is 2.83. The van der Waals surface area contributed by atoms with Gasteiger partial charge in [-0.1, -0.05) is 36.7 Å². The van der Waals surface area contributed by atoms with Crippen molar-refractivity contribution in [2.24, 2.45) is 0 Å². The molecule has 0 saturated carbocycles. The summed E-state index contributed by atoms with van der Waals surface area (Å²) in [5, 5.41) is 0.172. The third kappa shape index (κ3) is 3.19. The molecule has 7 heteroatoms. The number of benzene rings is 1. The summed E-state index contributed by atoms with van der Waals surface area (Å²) in [6, 6.07) is 2.26. The molecule has 0 aliphatic carbocycles. The number of alkyl halides is 4. The predicted octanol–water partition coefficient (Wildman–Crippen LogP) is 4.91. The Morgan fingerprint density at radius 2 is 1.95 bits per heavy atom. The van der Waals surface area contributed by atoms with Gasteiger partial charge in [-0.3, -0.25) is 4.79 Å². The van der Waals surface area contributed by atoms with Crippen LogP contribution in [0.15, 0.2) is 16.9 Å². The number of halogens is 4. The number of rotatable bonds is 3. The Bertz CT molecular complexity index is 753. The monoisotopic (exact) mass is 376 g/mol. The summed E-state index contributed by atoms with van der Waals surface area (Å²) in [6.07, 6.45) is -4.02. The lowest BCUT2D eigenvalue weighted by Gasteiger charge is -2.17. The summed E-state index contributed by atoms with van der Waals surface area (Å²) in [4.78, 5) is 18.5. The molecule has 2 rings (SSSR count). The number of hydrogen-bond donors (Lipinski definition) is 1. The van der Waals surface area contributed by atoms with Crippen LogP contribution in [0, 0.1) is 0 Å². The maximum Gasteiger partial charge on any atom is 0.416 e. The first kappa shape index (κ1) is 17.0. The number of hydrogen-bond acceptors (Lipinski definition) is 2. The summed E-state index contributed by atoms with van der Waals surface area (Å²) >= 11 is 3.24. The third-order valence-electron chi connectivity index (χ3n) is 3.44. The Kier molecular flexibility index (Phi) is 4.65. The number of H-pyrrole nitrogens is 1. The second kappa shape index (κ2) is 6.02. The highest BCUT2D eigenvalue weighted by Gasteiger charge is 2.35. The highest BCUT2D eigenvalue weighted by Crippen LogP contribution is 2.40. The number of nitrogens with one attached hydrogen (secondary N) is 1. The van der Waals surface area contributed by atoms with Gasteiger partial charge in [-0.25, -0.2) is 4.98 Å². The van der Waals surface area contributed by atoms with Crippen LogP contribution < -0.4 is 5.56 Å². The molecule has 0 radical (unpaired) electrons. The summed E-state index contributed by atoms with van der Waals surface area (Å²) < 4.78 is 39.9. The minimum atomic E-state index is -4.49. The van der Waals surface area contributed by atoms with Gasteiger partial charge in [0.05, 0.1) is 16.5 Å². The van der Waals surface area contributed by atoms with Crippen molar-refractivity contribution in [2.75, 3.05) is 0 Å². The zero-order chi connectivity index (χ0) is 16.7. The Morgan fingerprint density at radius 1 is 1.32 bits per heavy atom. The summed E-state index contributed by atoms with van der Waals surface area (Å²) in [6.45, 7) is 5.40. The van der Waals surface area contributed by atoms with Crippen LogP contribution in [0.3, 0.4) is 0 Å². The van der Waals surface area contributed by atoms with E-state index in [4.69, 9.17) is 0 Å². The molecule has 0 aliphatic heterocycles. The molecule has 0 saturated heterocycles. The van der Waals surface area contributed by atoms with Gasteiger partial charge >= 0.3 is 6.18 Å². The molecule has 3 nitrogen and oxygen atoms in total. The largest absolute Gasteiger partial charge is 0.416 e. The van der Waals surface area contributed by atoms with Gasteiger partial charge in [-0.05, 0) is 24.1 Å². The van der Waals surface area contributed by atoms with Gasteiger partial charge in [0, 0.05) is 10.7 Å². The maximum absolute atomic E-state index is 13.3. The molecule has 120 valence electrons. The molecule has 0 amide bonds. The molecule has 22 heavy (non-hydrogen) atoms. The molecule has 2 aromatic rings. The molecule has 0 spiro atoms. The first-order chi connectivity index (χ1) is 10.1. The van der Waals surface area contributed by atoms with Gasteiger partial charge < -0.3 is 4.98 Å². The predicted molar refractivity (Wildman–Crippen MR) is 83.4 cm³/mol. The van der Waals surface area contributed by atoms with Crippen molar-refractivity contribution in [1.82, 2.24) is 9.97 Å². The topological polar surface area (TPSA) is 45.8 Å². The van der Waals surface area contributed by atoms with Gasteiger partial charge in [0.2, 0.25) is 0 Å². The van der Waals surface area contributed by atoms with Crippen molar-refractivity contribution >= 4 is 26.8 Å². The fraction of sp³-hybridized carbons (Fsp3) is 0.467. The molecule has 0 bridgehead atoms. The molecule has 1 heterocycles. The molecular weight excluding hydrogens is 361 g/mol. The van der Waals surface area contributed by atoms with E-state index in [1.165, 1.54) is 6.07 Å². The average Bonchev–Trinajstić information content (AvgIpc) is 2.44. The van der Waals surface area contributed by atoms with Gasteiger partial charge in [0.1, 0.15) is 5.82 Å². The van der Waals surface area contributed by atoms with Crippen molar-refractivity contribution in [3.63, 3.8) is 0 Å². The molecule has 1 N–H and O–H groups in total. The Labute approximate surface area is 134 Å². The maximum atomic E-state index is 13.3. The van der Waals surface area contributed by atoms with Crippen LogP contribution in [-0.4, -0.2) is 9.97 Å². The van der Waals surface area contributed by atoms with Gasteiger partial charge in [-0.2, -0.15) is 13.2 Å². The van der Waals surface area contributed by atoms with Crippen molar-refractivity contribution < 1.29 is 13.2 Å². The van der Waals surface area contributed by atoms with E-state index in [0.29, 0.717) is 12.2 Å². The van der Waals surface area contributed by atoms with Crippen LogP contribution in [0.4, 0.5) is 13.2 Å². The quantitative estimate of drug-likeness (QED) is 0.773. The van der Waals surface area contributed by atoms with Crippen LogP contribution in [0.1, 0.15) is 54.9 Å². The average molecular weight is 377 g/mol. The van der Waals surface area contributed by atoms with E-state index in [2.05, 4.69) is 25.9 Å². The fourth-order valence-corrected chi connectivity index (χ4v) is 2.60. The molecule has 1 atom stereocenters. The van der Waals surface area contributed by atoms with Crippen LogP contribution >= 0.6 is 15.9 Å². The van der Waals surface area contributed by atoms with E-state index < -0.39 is 22.1 Å². The smallest absolute Gasteiger partial charge is 0.310 e. The molecule has 0 aliphatic rings. The lowest BCUT2D eigenvalue weighted by atomic mass is 10.00. The summed E-state index contributed by atoms with van der Waals surface area (Å²) in [5.41, 5.74) is -1.04. The van der Waals surface area contributed by atoms with E-state index >= 15 is 0 Å². The first-order valence-corrected chi connectivity index (χ1v) is 7.85. The number of fused-ring (bicyclic) bond motifs is 1. The minimum Gasteiger partial charge on any atom is -0.310 e. The Hall–Kier alpha value is -1.37. The summed E-state index contributed by atoms with van der Waals surface area (Å²) in [5.74, 6) is 0.301. The van der Waals surface area contributed by atoms with E-state index in [0.717, 1.165) is 6.07 Å². The highest BCUT2D eigenvalue weighted by atomic mass is 79.9. The molecule has 0 fully saturated rings. The van der Waals surface area contributed by atoms with Crippen LogP contribution in [0.5, 0.6) is 0 Å². The Morgan fingerprint density at radius 3 is 2.45 bits per heavy atom. The van der Waals surface area contributed by atoms with Crippen LogP contribution in [0.2, 0.25) is 0 Å². The number of aromatic amines is 1. The standard InChI is InChI=1S/C15H16BrF3N2O/c1-4-11(16)8-5-9-12(6-10(8)15(17,18)19)20-13(7(2)3)21-14(9)22/h5-7,11H,4H2,1-3H3,(H,20,21,22). The fourth-order valence-electron chi connectivity index (χ4n) is 2.22. The lowest BCUT2D eigenvalue weighted by Crippen LogP contribution is -2.16. The van der Waals surface area contributed by atoms with Gasteiger partial charge in [0.15, 0.2) is 0 Å². The zero-order valence-corrected chi connectivity index (χ0v) is 14.0. The van der Waals surface area contributed by atoms with E-state index in [-0.39, 0.29) is 22.4 Å². The SMILES string of the molecule is CCC(Br)c1cc2c(=O)[nH]c(C(C)C)nc2cc1C(F)(F)F. The van der Waals surface area contributed by atoms with Crippen molar-refractivity contribution in [1.29, 1.82) is 0 Å². The van der Waals surface area contributed by atoms with Gasteiger partial charge in [0.25, 0.3) is 5.56 Å². The number of aromatic nitrogens is 2. The second-order valence-electron chi connectivity index (χ2n) is 5.44. The molecule has 1 unspecified atom stereocenters. The third-order valence-corrected chi connectivity index (χ3v) is 4.58. The van der Waals surface area contributed by atoms with E-state index in [1.54, 1.807) is 6.92 Å². The molecular formula is C15H16BrF3N2O. The van der Waals surface area contributed by atoms with Gasteiger partial charge in [-0.15, -0.1) is 0 Å². The van der Waals surface area contributed by atoms with Crippen molar-refractivity contribution in [3.8, 4) is 0 Å². The van der Waals surface area contributed by atoms with Crippen molar-refractivity contribution in [2.45, 2.75) is 44.1 Å². The molecule has 1 aromatic heterocycles. The zero-order valence-electron chi connectivity index (χ0n) is 12.4. The number of nitrogens with zero attached hydrogens (tertiary/aromatic N) is 1.